The molecule has 3 nitrogen and oxygen atoms in total. The van der Waals surface area contributed by atoms with E-state index in [1.54, 1.807) is 18.2 Å². The summed E-state index contributed by atoms with van der Waals surface area (Å²) in [6, 6.07) is 6.53. The van der Waals surface area contributed by atoms with Crippen molar-refractivity contribution in [2.24, 2.45) is 0 Å². The van der Waals surface area contributed by atoms with Crippen LogP contribution in [0, 0.1) is 0 Å². The second kappa shape index (κ2) is 5.75. The van der Waals surface area contributed by atoms with Crippen molar-refractivity contribution in [3.8, 4) is 5.75 Å². The van der Waals surface area contributed by atoms with E-state index in [2.05, 4.69) is 10.1 Å². The van der Waals surface area contributed by atoms with Crippen LogP contribution in [0.5, 0.6) is 5.75 Å². The molecule has 3 unspecified atom stereocenters. The summed E-state index contributed by atoms with van der Waals surface area (Å²) in [6.07, 6.45) is 0. The van der Waals surface area contributed by atoms with Crippen LogP contribution in [0.1, 0.15) is 18.5 Å². The van der Waals surface area contributed by atoms with Gasteiger partial charge in [-0.1, -0.05) is 18.2 Å². The highest BCUT2D eigenvalue weighted by atomic mass is 32.2. The molecule has 2 rings (SSSR count). The first-order valence-corrected chi connectivity index (χ1v) is 7.20. The molecule has 0 bridgehead atoms. The van der Waals surface area contributed by atoms with Gasteiger partial charge in [0.2, 0.25) is 0 Å². The Morgan fingerprint density at radius 2 is 2.11 bits per heavy atom. The summed E-state index contributed by atoms with van der Waals surface area (Å²) in [5, 5.41) is 3.26. The van der Waals surface area contributed by atoms with Gasteiger partial charge in [0, 0.05) is 40.0 Å². The minimum absolute atomic E-state index is 0.101. The normalized spacial score (nSPS) is 28.3. The maximum absolute atomic E-state index is 12.3. The molecule has 3 atom stereocenters. The molecule has 0 spiro atoms. The summed E-state index contributed by atoms with van der Waals surface area (Å²) in [4.78, 5) is 0. The Hall–Kier alpha value is -1.01. The van der Waals surface area contributed by atoms with Crippen molar-refractivity contribution in [3.63, 3.8) is 0 Å². The lowest BCUT2D eigenvalue weighted by Crippen LogP contribution is -2.43. The lowest BCUT2D eigenvalue weighted by atomic mass is 10.1. The predicted octanol–water partition coefficient (Wildman–Crippen LogP) is 2.07. The number of alkyl halides is 2. The van der Waals surface area contributed by atoms with Crippen LogP contribution in [0.4, 0.5) is 8.78 Å². The van der Waals surface area contributed by atoms with Crippen molar-refractivity contribution >= 4 is 10.8 Å². The predicted molar refractivity (Wildman–Crippen MR) is 66.3 cm³/mol. The fourth-order valence-electron chi connectivity index (χ4n) is 2.12. The van der Waals surface area contributed by atoms with Crippen molar-refractivity contribution < 1.29 is 17.7 Å². The molecule has 1 N–H and O–H groups in total. The van der Waals surface area contributed by atoms with Crippen LogP contribution in [0.15, 0.2) is 24.3 Å². The van der Waals surface area contributed by atoms with Crippen LogP contribution >= 0.6 is 0 Å². The van der Waals surface area contributed by atoms with Gasteiger partial charge in [0.1, 0.15) is 5.75 Å². The summed E-state index contributed by atoms with van der Waals surface area (Å²) in [5.41, 5.74) is 0.637. The summed E-state index contributed by atoms with van der Waals surface area (Å²) in [7, 11) is -0.927. The Morgan fingerprint density at radius 3 is 2.78 bits per heavy atom. The van der Waals surface area contributed by atoms with Crippen LogP contribution in [-0.4, -0.2) is 28.4 Å². The average molecular weight is 275 g/mol. The third-order valence-corrected chi connectivity index (χ3v) is 4.36. The average Bonchev–Trinajstić information content (AvgIpc) is 2.27. The third kappa shape index (κ3) is 3.26. The van der Waals surface area contributed by atoms with Crippen LogP contribution in [0.3, 0.4) is 0 Å². The Morgan fingerprint density at radius 1 is 1.39 bits per heavy atom. The highest BCUT2D eigenvalue weighted by Crippen LogP contribution is 2.29. The summed E-state index contributed by atoms with van der Waals surface area (Å²) in [5.74, 6) is 1.17. The lowest BCUT2D eigenvalue weighted by Gasteiger charge is -2.29. The number of hydrogen-bond acceptors (Lipinski definition) is 3. The lowest BCUT2D eigenvalue weighted by molar-refractivity contribution is -0.0506. The highest BCUT2D eigenvalue weighted by molar-refractivity contribution is 7.85. The number of para-hydroxylation sites is 1. The van der Waals surface area contributed by atoms with E-state index in [9.17, 15) is 13.0 Å². The molecule has 1 aliphatic heterocycles. The maximum atomic E-state index is 12.3. The van der Waals surface area contributed by atoms with Crippen molar-refractivity contribution in [1.82, 2.24) is 5.32 Å². The van der Waals surface area contributed by atoms with Gasteiger partial charge in [-0.2, -0.15) is 8.78 Å². The largest absolute Gasteiger partial charge is 0.434 e. The van der Waals surface area contributed by atoms with Gasteiger partial charge < -0.3 is 10.1 Å². The molecule has 1 aromatic rings. The summed E-state index contributed by atoms with van der Waals surface area (Å²) < 4.78 is 40.8. The van der Waals surface area contributed by atoms with Crippen molar-refractivity contribution in [1.29, 1.82) is 0 Å². The Labute approximate surface area is 107 Å². The van der Waals surface area contributed by atoms with E-state index in [1.807, 2.05) is 6.92 Å². The van der Waals surface area contributed by atoms with Crippen LogP contribution in [0.25, 0.3) is 0 Å². The Balaban J connectivity index is 2.23. The second-order valence-corrected chi connectivity index (χ2v) is 5.86. The van der Waals surface area contributed by atoms with E-state index in [4.69, 9.17) is 0 Å². The van der Waals surface area contributed by atoms with Gasteiger partial charge >= 0.3 is 6.61 Å². The molecule has 100 valence electrons. The molecule has 1 aliphatic rings. The standard InChI is InChI=1S/C12H15F2NO2S/c1-8-6-18(16)7-10(15-8)9-4-2-3-5-11(9)17-12(13)14/h2-5,8,10,12,15H,6-7H2,1H3. The second-order valence-electron chi connectivity index (χ2n) is 4.31. The molecule has 0 radical (unpaired) electrons. The smallest absolute Gasteiger partial charge is 0.387 e. The van der Waals surface area contributed by atoms with Gasteiger partial charge in [0.25, 0.3) is 0 Å². The molecule has 1 heterocycles. The minimum atomic E-state index is -2.85. The topological polar surface area (TPSA) is 38.3 Å². The van der Waals surface area contributed by atoms with Gasteiger partial charge in [-0.3, -0.25) is 4.21 Å². The van der Waals surface area contributed by atoms with Crippen LogP contribution < -0.4 is 10.1 Å². The first kappa shape index (κ1) is 13.4. The molecule has 0 amide bonds. The van der Waals surface area contributed by atoms with Gasteiger partial charge in [0.15, 0.2) is 0 Å². The number of ether oxygens (including phenoxy) is 1. The molecule has 0 aliphatic carbocycles. The molecule has 1 fully saturated rings. The number of rotatable bonds is 3. The zero-order valence-electron chi connectivity index (χ0n) is 9.94. The highest BCUT2D eigenvalue weighted by Gasteiger charge is 2.26. The first-order valence-electron chi connectivity index (χ1n) is 5.71. The molecular formula is C12H15F2NO2S. The van der Waals surface area contributed by atoms with Crippen molar-refractivity contribution in [2.45, 2.75) is 25.6 Å². The Bertz CT molecular complexity index is 442. The Kier molecular flexibility index (Phi) is 4.29. The van der Waals surface area contributed by atoms with Gasteiger partial charge in [-0.15, -0.1) is 0 Å². The van der Waals surface area contributed by atoms with E-state index >= 15 is 0 Å². The fraction of sp³-hybridized carbons (Fsp3) is 0.500. The molecular weight excluding hydrogens is 260 g/mol. The number of halogens is 2. The van der Waals surface area contributed by atoms with Crippen molar-refractivity contribution in [2.75, 3.05) is 11.5 Å². The minimum Gasteiger partial charge on any atom is -0.434 e. The summed E-state index contributed by atoms with van der Waals surface area (Å²) >= 11 is 0. The molecule has 18 heavy (non-hydrogen) atoms. The fourth-order valence-corrected chi connectivity index (χ4v) is 3.56. The van der Waals surface area contributed by atoms with E-state index < -0.39 is 17.4 Å². The third-order valence-electron chi connectivity index (χ3n) is 2.78. The molecule has 1 saturated heterocycles. The molecule has 1 aromatic carbocycles. The molecule has 6 heteroatoms. The maximum Gasteiger partial charge on any atom is 0.387 e. The number of benzene rings is 1. The zero-order valence-corrected chi connectivity index (χ0v) is 10.8. The van der Waals surface area contributed by atoms with E-state index in [1.165, 1.54) is 6.07 Å². The van der Waals surface area contributed by atoms with Gasteiger partial charge in [-0.05, 0) is 13.0 Å². The zero-order chi connectivity index (χ0) is 13.1. The van der Waals surface area contributed by atoms with Gasteiger partial charge in [-0.25, -0.2) is 0 Å². The van der Waals surface area contributed by atoms with E-state index in [0.717, 1.165) is 0 Å². The number of hydrogen-bond donors (Lipinski definition) is 1. The van der Waals surface area contributed by atoms with Crippen molar-refractivity contribution in [3.05, 3.63) is 29.8 Å². The monoisotopic (exact) mass is 275 g/mol. The molecule has 0 saturated carbocycles. The molecule has 0 aromatic heterocycles. The SMILES string of the molecule is CC1CS(=O)CC(c2ccccc2OC(F)F)N1. The van der Waals surface area contributed by atoms with E-state index in [-0.39, 0.29) is 17.8 Å². The van der Waals surface area contributed by atoms with Crippen LogP contribution in [-0.2, 0) is 10.8 Å². The first-order chi connectivity index (χ1) is 8.56. The van der Waals surface area contributed by atoms with Gasteiger partial charge in [0.05, 0.1) is 0 Å². The summed E-state index contributed by atoms with van der Waals surface area (Å²) in [6.45, 7) is -0.918. The number of nitrogens with one attached hydrogen (secondary N) is 1. The van der Waals surface area contributed by atoms with E-state index in [0.29, 0.717) is 17.1 Å². The quantitative estimate of drug-likeness (QED) is 0.917. The van der Waals surface area contributed by atoms with Crippen LogP contribution in [0.2, 0.25) is 0 Å².